The zero-order valence-electron chi connectivity index (χ0n) is 14.6. The third-order valence-electron chi connectivity index (χ3n) is 3.86. The lowest BCUT2D eigenvalue weighted by Crippen LogP contribution is -2.34. The summed E-state index contributed by atoms with van der Waals surface area (Å²) in [5.41, 5.74) is 0.950. The molecule has 0 saturated heterocycles. The van der Waals surface area contributed by atoms with Gasteiger partial charge in [0.25, 0.3) is 0 Å². The van der Waals surface area contributed by atoms with Crippen LogP contribution < -0.4 is 5.32 Å². The van der Waals surface area contributed by atoms with Crippen molar-refractivity contribution in [3.8, 4) is 0 Å². The van der Waals surface area contributed by atoms with Gasteiger partial charge in [0, 0.05) is 42.0 Å². The van der Waals surface area contributed by atoms with Crippen LogP contribution in [0.1, 0.15) is 45.6 Å². The maximum absolute atomic E-state index is 12.0. The number of carbonyl (C=O) groups excluding carboxylic acids is 2. The Morgan fingerprint density at radius 1 is 1.17 bits per heavy atom. The van der Waals surface area contributed by atoms with Crippen molar-refractivity contribution in [3.63, 3.8) is 0 Å². The highest BCUT2D eigenvalue weighted by molar-refractivity contribution is 6.35. The van der Waals surface area contributed by atoms with Crippen molar-refractivity contribution >= 4 is 35.0 Å². The zero-order valence-corrected chi connectivity index (χ0v) is 16.1. The number of hydrogen-bond donors (Lipinski definition) is 1. The Bertz CT molecular complexity index is 560. The topological polar surface area (TPSA) is 49.4 Å². The van der Waals surface area contributed by atoms with E-state index in [1.165, 1.54) is 0 Å². The minimum atomic E-state index is -0.0417. The highest BCUT2D eigenvalue weighted by atomic mass is 35.5. The molecule has 24 heavy (non-hydrogen) atoms. The summed E-state index contributed by atoms with van der Waals surface area (Å²) in [4.78, 5) is 25.6. The van der Waals surface area contributed by atoms with Gasteiger partial charge in [-0.15, -0.1) is 0 Å². The molecule has 2 amide bonds. The van der Waals surface area contributed by atoms with Crippen LogP contribution in [-0.2, 0) is 16.0 Å². The lowest BCUT2D eigenvalue weighted by atomic mass is 10.1. The van der Waals surface area contributed by atoms with E-state index in [-0.39, 0.29) is 17.9 Å². The molecule has 134 valence electrons. The van der Waals surface area contributed by atoms with Crippen LogP contribution in [0.3, 0.4) is 0 Å². The summed E-state index contributed by atoms with van der Waals surface area (Å²) in [6, 6.07) is 5.33. The highest BCUT2D eigenvalue weighted by Crippen LogP contribution is 2.22. The molecule has 0 saturated carbocycles. The summed E-state index contributed by atoms with van der Waals surface area (Å²) in [6.45, 7) is 7.26. The Labute approximate surface area is 154 Å². The first-order valence-electron chi connectivity index (χ1n) is 8.38. The summed E-state index contributed by atoms with van der Waals surface area (Å²) in [7, 11) is 0. The maximum Gasteiger partial charge on any atom is 0.222 e. The summed E-state index contributed by atoms with van der Waals surface area (Å²) in [5.74, 6) is 0.0636. The van der Waals surface area contributed by atoms with E-state index in [9.17, 15) is 9.59 Å². The van der Waals surface area contributed by atoms with E-state index in [1.807, 2.05) is 26.8 Å². The predicted molar refractivity (Wildman–Crippen MR) is 99.5 cm³/mol. The van der Waals surface area contributed by atoms with E-state index in [2.05, 4.69) is 5.32 Å². The van der Waals surface area contributed by atoms with Gasteiger partial charge in [-0.2, -0.15) is 0 Å². The van der Waals surface area contributed by atoms with Gasteiger partial charge >= 0.3 is 0 Å². The summed E-state index contributed by atoms with van der Waals surface area (Å²) < 4.78 is 0. The zero-order chi connectivity index (χ0) is 18.1. The van der Waals surface area contributed by atoms with Crippen LogP contribution in [0.25, 0.3) is 0 Å². The van der Waals surface area contributed by atoms with E-state index in [4.69, 9.17) is 23.2 Å². The van der Waals surface area contributed by atoms with E-state index < -0.39 is 0 Å². The van der Waals surface area contributed by atoms with Crippen LogP contribution in [0.2, 0.25) is 10.0 Å². The largest absolute Gasteiger partial charge is 0.353 e. The van der Waals surface area contributed by atoms with Crippen LogP contribution in [0.15, 0.2) is 18.2 Å². The predicted octanol–water partition coefficient (Wildman–Crippen LogP) is 4.08. The van der Waals surface area contributed by atoms with Crippen molar-refractivity contribution in [2.75, 3.05) is 13.1 Å². The molecule has 0 aromatic heterocycles. The number of nitrogens with zero attached hydrogens (tertiary/aromatic N) is 1. The standard InChI is InChI=1S/C18H26Cl2N2O2/c1-4-22(5-2)18(24)8-6-7-17(23)21-13(3)11-14-9-10-15(19)12-16(14)20/h9-10,12-13H,4-8,11H2,1-3H3,(H,21,23). The summed E-state index contributed by atoms with van der Waals surface area (Å²) >= 11 is 12.0. The van der Waals surface area contributed by atoms with Crippen LogP contribution in [-0.4, -0.2) is 35.8 Å². The molecular formula is C18H26Cl2N2O2. The second-order valence-corrected chi connectivity index (χ2v) is 6.67. The molecule has 0 bridgehead atoms. The minimum absolute atomic E-state index is 0.0327. The van der Waals surface area contributed by atoms with Gasteiger partial charge in [-0.3, -0.25) is 9.59 Å². The number of carbonyl (C=O) groups is 2. The van der Waals surface area contributed by atoms with E-state index >= 15 is 0 Å². The van der Waals surface area contributed by atoms with Crippen molar-refractivity contribution in [3.05, 3.63) is 33.8 Å². The maximum atomic E-state index is 12.0. The van der Waals surface area contributed by atoms with Gasteiger partial charge in [-0.1, -0.05) is 29.3 Å². The molecule has 0 heterocycles. The Morgan fingerprint density at radius 3 is 2.42 bits per heavy atom. The van der Waals surface area contributed by atoms with E-state index in [0.717, 1.165) is 5.56 Å². The van der Waals surface area contributed by atoms with Gasteiger partial charge in [0.2, 0.25) is 11.8 Å². The van der Waals surface area contributed by atoms with Crippen LogP contribution in [0.5, 0.6) is 0 Å². The second-order valence-electron chi connectivity index (χ2n) is 5.83. The van der Waals surface area contributed by atoms with E-state index in [0.29, 0.717) is 48.8 Å². The van der Waals surface area contributed by atoms with Gasteiger partial charge in [0.15, 0.2) is 0 Å². The Hall–Kier alpha value is -1.26. The molecular weight excluding hydrogens is 347 g/mol. The summed E-state index contributed by atoms with van der Waals surface area (Å²) in [6.07, 6.45) is 1.97. The number of halogens is 2. The van der Waals surface area contributed by atoms with Crippen LogP contribution in [0.4, 0.5) is 0 Å². The average Bonchev–Trinajstić information content (AvgIpc) is 2.51. The van der Waals surface area contributed by atoms with Crippen LogP contribution in [0, 0.1) is 0 Å². The molecule has 1 aromatic rings. The molecule has 4 nitrogen and oxygen atoms in total. The van der Waals surface area contributed by atoms with Gasteiger partial charge in [-0.05, 0) is 51.3 Å². The normalized spacial score (nSPS) is 11.9. The van der Waals surface area contributed by atoms with E-state index in [1.54, 1.807) is 17.0 Å². The smallest absolute Gasteiger partial charge is 0.222 e. The van der Waals surface area contributed by atoms with Crippen LogP contribution >= 0.6 is 23.2 Å². The molecule has 0 aliphatic carbocycles. The number of amides is 2. The minimum Gasteiger partial charge on any atom is -0.353 e. The monoisotopic (exact) mass is 372 g/mol. The lowest BCUT2D eigenvalue weighted by Gasteiger charge is -2.18. The highest BCUT2D eigenvalue weighted by Gasteiger charge is 2.13. The average molecular weight is 373 g/mol. The number of rotatable bonds is 9. The Morgan fingerprint density at radius 2 is 1.83 bits per heavy atom. The summed E-state index contributed by atoms with van der Waals surface area (Å²) in [5, 5.41) is 4.15. The molecule has 0 aliphatic rings. The SMILES string of the molecule is CCN(CC)C(=O)CCCC(=O)NC(C)Cc1ccc(Cl)cc1Cl. The number of nitrogens with one attached hydrogen (secondary N) is 1. The molecule has 1 unspecified atom stereocenters. The van der Waals surface area contributed by atoms with Gasteiger partial charge in [0.1, 0.15) is 0 Å². The molecule has 0 aliphatic heterocycles. The molecule has 0 radical (unpaired) electrons. The first kappa shape index (κ1) is 20.8. The fourth-order valence-electron chi connectivity index (χ4n) is 2.55. The van der Waals surface area contributed by atoms with Crippen molar-refractivity contribution < 1.29 is 9.59 Å². The van der Waals surface area contributed by atoms with Gasteiger partial charge in [0.05, 0.1) is 0 Å². The third-order valence-corrected chi connectivity index (χ3v) is 4.45. The molecule has 1 aromatic carbocycles. The molecule has 0 spiro atoms. The second kappa shape index (κ2) is 10.6. The lowest BCUT2D eigenvalue weighted by molar-refractivity contribution is -0.131. The quantitative estimate of drug-likeness (QED) is 0.709. The first-order chi connectivity index (χ1) is 11.4. The molecule has 1 rings (SSSR count). The van der Waals surface area contributed by atoms with Gasteiger partial charge in [-0.25, -0.2) is 0 Å². The van der Waals surface area contributed by atoms with Crippen molar-refractivity contribution in [1.82, 2.24) is 10.2 Å². The van der Waals surface area contributed by atoms with Gasteiger partial charge < -0.3 is 10.2 Å². The Kier molecular flexibility index (Phi) is 9.16. The molecule has 1 N–H and O–H groups in total. The number of benzene rings is 1. The van der Waals surface area contributed by atoms with Crippen molar-refractivity contribution in [2.45, 2.75) is 52.5 Å². The van der Waals surface area contributed by atoms with Crippen molar-refractivity contribution in [2.24, 2.45) is 0 Å². The third kappa shape index (κ3) is 7.10. The fraction of sp³-hybridized carbons (Fsp3) is 0.556. The molecule has 6 heteroatoms. The molecule has 1 atom stereocenters. The molecule has 0 fully saturated rings. The fourth-order valence-corrected chi connectivity index (χ4v) is 3.04. The Balaban J connectivity index is 2.35. The number of hydrogen-bond acceptors (Lipinski definition) is 2. The van der Waals surface area contributed by atoms with Crippen molar-refractivity contribution in [1.29, 1.82) is 0 Å². The first-order valence-corrected chi connectivity index (χ1v) is 9.14.